The van der Waals surface area contributed by atoms with E-state index in [-0.39, 0.29) is 6.42 Å². The molecule has 0 amide bonds. The van der Waals surface area contributed by atoms with Gasteiger partial charge >= 0.3 is 12.1 Å². The highest BCUT2D eigenvalue weighted by Crippen LogP contribution is 1.88. The number of allylic oxidation sites excluding steroid dienone is 1. The zero-order chi connectivity index (χ0) is 7.98. The van der Waals surface area contributed by atoms with Crippen molar-refractivity contribution in [1.29, 1.82) is 0 Å². The Balaban J connectivity index is 3.54. The fraction of sp³-hybridized carbons (Fsp3) is 0.333. The fourth-order valence-electron chi connectivity index (χ4n) is 0.353. The molecule has 0 fully saturated rings. The number of ether oxygens (including phenoxy) is 1. The minimum atomic E-state index is -1.56. The van der Waals surface area contributed by atoms with Gasteiger partial charge in [0.15, 0.2) is 0 Å². The van der Waals surface area contributed by atoms with Crippen LogP contribution in [-0.4, -0.2) is 17.2 Å². The smallest absolute Gasteiger partial charge is 0.449 e. The van der Waals surface area contributed by atoms with Gasteiger partial charge in [-0.2, -0.15) is 0 Å². The molecule has 1 N–H and O–H groups in total. The van der Waals surface area contributed by atoms with Gasteiger partial charge in [-0.3, -0.25) is 4.79 Å². The van der Waals surface area contributed by atoms with Crippen molar-refractivity contribution in [1.82, 2.24) is 0 Å². The highest BCUT2D eigenvalue weighted by molar-refractivity contribution is 5.81. The Morgan fingerprint density at radius 3 is 2.60 bits per heavy atom. The molecule has 0 aliphatic carbocycles. The summed E-state index contributed by atoms with van der Waals surface area (Å²) in [6.07, 6.45) is 1.60. The van der Waals surface area contributed by atoms with Crippen LogP contribution < -0.4 is 0 Å². The van der Waals surface area contributed by atoms with Crippen LogP contribution in [0.1, 0.15) is 13.3 Å². The van der Waals surface area contributed by atoms with E-state index >= 15 is 0 Å². The van der Waals surface area contributed by atoms with Crippen molar-refractivity contribution in [3.8, 4) is 0 Å². The molecule has 10 heavy (non-hydrogen) atoms. The molecule has 0 aromatic heterocycles. The van der Waals surface area contributed by atoms with Crippen LogP contribution in [0.15, 0.2) is 12.2 Å². The van der Waals surface area contributed by atoms with Crippen LogP contribution in [-0.2, 0) is 9.53 Å². The molecule has 0 aliphatic rings. The number of hydrogen-bond acceptors (Lipinski definition) is 3. The lowest BCUT2D eigenvalue weighted by Crippen LogP contribution is -2.08. The molecule has 0 aliphatic heterocycles. The summed E-state index contributed by atoms with van der Waals surface area (Å²) in [5, 5.41) is 7.92. The predicted molar refractivity (Wildman–Crippen MR) is 33.5 cm³/mol. The number of esters is 1. The van der Waals surface area contributed by atoms with Crippen molar-refractivity contribution in [2.75, 3.05) is 0 Å². The maximum Gasteiger partial charge on any atom is 0.513 e. The van der Waals surface area contributed by atoms with Crippen LogP contribution in [0.2, 0.25) is 0 Å². The van der Waals surface area contributed by atoms with E-state index in [0.29, 0.717) is 0 Å². The normalized spacial score (nSPS) is 9.70. The predicted octanol–water partition coefficient (Wildman–Crippen LogP) is 1.17. The van der Waals surface area contributed by atoms with E-state index < -0.39 is 12.1 Å². The average Bonchev–Trinajstić information content (AvgIpc) is 1.82. The van der Waals surface area contributed by atoms with Crippen LogP contribution in [0.5, 0.6) is 0 Å². The van der Waals surface area contributed by atoms with Gasteiger partial charge in [0.05, 0.1) is 6.42 Å². The lowest BCUT2D eigenvalue weighted by Gasteiger charge is -1.91. The van der Waals surface area contributed by atoms with Crippen molar-refractivity contribution in [3.63, 3.8) is 0 Å². The van der Waals surface area contributed by atoms with Crippen LogP contribution in [0.4, 0.5) is 4.79 Å². The second-order valence-corrected chi connectivity index (χ2v) is 1.51. The Morgan fingerprint density at radius 1 is 1.60 bits per heavy atom. The molecule has 0 saturated heterocycles. The Kier molecular flexibility index (Phi) is 3.95. The van der Waals surface area contributed by atoms with Gasteiger partial charge in [0.25, 0.3) is 0 Å². The van der Waals surface area contributed by atoms with Gasteiger partial charge in [-0.05, 0) is 6.92 Å². The third kappa shape index (κ3) is 4.83. The third-order valence-electron chi connectivity index (χ3n) is 0.721. The molecule has 4 heteroatoms. The maximum atomic E-state index is 10.4. The number of carbonyl (C=O) groups is 2. The van der Waals surface area contributed by atoms with E-state index in [0.717, 1.165) is 0 Å². The molecule has 0 aromatic rings. The Morgan fingerprint density at radius 2 is 2.20 bits per heavy atom. The number of carbonyl (C=O) groups excluding carboxylic acids is 1. The number of rotatable bonds is 2. The molecule has 0 saturated carbocycles. The van der Waals surface area contributed by atoms with Gasteiger partial charge in [0, 0.05) is 0 Å². The summed E-state index contributed by atoms with van der Waals surface area (Å²) in [5.41, 5.74) is 0. The molecule has 0 rings (SSSR count). The van der Waals surface area contributed by atoms with Gasteiger partial charge < -0.3 is 9.84 Å². The summed E-state index contributed by atoms with van der Waals surface area (Å²) in [7, 11) is 0. The van der Waals surface area contributed by atoms with Gasteiger partial charge in [-0.15, -0.1) is 0 Å². The van der Waals surface area contributed by atoms with Crippen molar-refractivity contribution >= 4 is 12.1 Å². The summed E-state index contributed by atoms with van der Waals surface area (Å²) in [5.74, 6) is -0.759. The second kappa shape index (κ2) is 4.55. The van der Waals surface area contributed by atoms with E-state index in [2.05, 4.69) is 4.74 Å². The van der Waals surface area contributed by atoms with E-state index in [1.165, 1.54) is 6.08 Å². The first-order valence-electron chi connectivity index (χ1n) is 2.71. The minimum absolute atomic E-state index is 0.00278. The van der Waals surface area contributed by atoms with Crippen molar-refractivity contribution in [2.24, 2.45) is 0 Å². The molecular weight excluding hydrogens is 136 g/mol. The van der Waals surface area contributed by atoms with Crippen molar-refractivity contribution in [3.05, 3.63) is 12.2 Å². The fourth-order valence-corrected chi connectivity index (χ4v) is 0.353. The van der Waals surface area contributed by atoms with Gasteiger partial charge in [-0.1, -0.05) is 12.2 Å². The van der Waals surface area contributed by atoms with E-state index in [4.69, 9.17) is 5.11 Å². The van der Waals surface area contributed by atoms with E-state index in [1.807, 2.05) is 0 Å². The zero-order valence-electron chi connectivity index (χ0n) is 5.53. The molecule has 0 aromatic carbocycles. The van der Waals surface area contributed by atoms with E-state index in [9.17, 15) is 9.59 Å². The summed E-state index contributed by atoms with van der Waals surface area (Å²) < 4.78 is 3.78. The van der Waals surface area contributed by atoms with Gasteiger partial charge in [0.1, 0.15) is 0 Å². The molecule has 0 spiro atoms. The van der Waals surface area contributed by atoms with Crippen molar-refractivity contribution < 1.29 is 19.4 Å². The lowest BCUT2D eigenvalue weighted by molar-refractivity contribution is -0.137. The molecule has 4 nitrogen and oxygen atoms in total. The second-order valence-electron chi connectivity index (χ2n) is 1.51. The zero-order valence-corrected chi connectivity index (χ0v) is 5.53. The monoisotopic (exact) mass is 144 g/mol. The Hall–Kier alpha value is -1.32. The summed E-state index contributed by atoms with van der Waals surface area (Å²) in [6.45, 7) is 1.73. The number of hydrogen-bond donors (Lipinski definition) is 1. The van der Waals surface area contributed by atoms with Crippen LogP contribution in [0.3, 0.4) is 0 Å². The Bertz CT molecular complexity index is 159. The van der Waals surface area contributed by atoms with Gasteiger partial charge in [-0.25, -0.2) is 4.79 Å². The summed E-state index contributed by atoms with van der Waals surface area (Å²) >= 11 is 0. The molecular formula is C6H8O4. The largest absolute Gasteiger partial charge is 0.513 e. The molecule has 0 unspecified atom stereocenters. The quantitative estimate of drug-likeness (QED) is 0.359. The molecule has 0 heterocycles. The molecule has 56 valence electrons. The first-order valence-corrected chi connectivity index (χ1v) is 2.71. The molecule has 0 bridgehead atoms. The van der Waals surface area contributed by atoms with Crippen LogP contribution in [0.25, 0.3) is 0 Å². The standard InChI is InChI=1S/C6H8O4/c1-2-3-4-5(7)10-6(8)9/h2-3H,4H2,1H3,(H,8,9). The SMILES string of the molecule is CC=CCC(=O)OC(=O)O. The third-order valence-corrected chi connectivity index (χ3v) is 0.721. The highest BCUT2D eigenvalue weighted by atomic mass is 16.7. The van der Waals surface area contributed by atoms with E-state index in [1.54, 1.807) is 13.0 Å². The van der Waals surface area contributed by atoms with Crippen LogP contribution in [0, 0.1) is 0 Å². The maximum absolute atomic E-state index is 10.4. The number of carboxylic acid groups (broad SMARTS) is 1. The molecule has 0 radical (unpaired) electrons. The topological polar surface area (TPSA) is 63.6 Å². The highest BCUT2D eigenvalue weighted by Gasteiger charge is 2.04. The first kappa shape index (κ1) is 8.68. The van der Waals surface area contributed by atoms with Gasteiger partial charge in [0.2, 0.25) is 0 Å². The lowest BCUT2D eigenvalue weighted by atomic mass is 10.4. The van der Waals surface area contributed by atoms with Crippen molar-refractivity contribution in [2.45, 2.75) is 13.3 Å². The van der Waals surface area contributed by atoms with Crippen LogP contribution >= 0.6 is 0 Å². The average molecular weight is 144 g/mol. The Labute approximate surface area is 58.1 Å². The minimum Gasteiger partial charge on any atom is -0.449 e. The first-order chi connectivity index (χ1) is 4.66. The summed E-state index contributed by atoms with van der Waals surface area (Å²) in [4.78, 5) is 20.1. The molecule has 0 atom stereocenters. The summed E-state index contributed by atoms with van der Waals surface area (Å²) in [6, 6.07) is 0.